The molecule has 0 aliphatic carbocycles. The van der Waals surface area contributed by atoms with Crippen molar-refractivity contribution in [3.8, 4) is 5.75 Å². The van der Waals surface area contributed by atoms with Gasteiger partial charge in [0, 0.05) is 6.61 Å². The van der Waals surface area contributed by atoms with Crippen LogP contribution in [0.3, 0.4) is 0 Å². The van der Waals surface area contributed by atoms with Gasteiger partial charge in [-0.15, -0.1) is 0 Å². The predicted molar refractivity (Wildman–Crippen MR) is 57.4 cm³/mol. The van der Waals surface area contributed by atoms with Gasteiger partial charge in [-0.3, -0.25) is 0 Å². The molecule has 0 saturated carbocycles. The summed E-state index contributed by atoms with van der Waals surface area (Å²) < 4.78 is 5.68. The van der Waals surface area contributed by atoms with E-state index in [-0.39, 0.29) is 6.10 Å². The summed E-state index contributed by atoms with van der Waals surface area (Å²) in [7, 11) is 0. The largest absolute Gasteiger partial charge is 0.508 e. The van der Waals surface area contributed by atoms with Crippen molar-refractivity contribution in [1.29, 1.82) is 0 Å². The first-order chi connectivity index (χ1) is 6.77. The van der Waals surface area contributed by atoms with Crippen LogP contribution in [0.5, 0.6) is 5.75 Å². The third-order valence-corrected chi connectivity index (χ3v) is 2.16. The molecular weight excluding hydrogens is 176 g/mol. The number of rotatable bonds is 5. The number of hydrogen-bond acceptors (Lipinski definition) is 2. The van der Waals surface area contributed by atoms with Crippen LogP contribution in [0, 0.1) is 0 Å². The average molecular weight is 194 g/mol. The van der Waals surface area contributed by atoms with Crippen molar-refractivity contribution in [3.63, 3.8) is 0 Å². The molecule has 1 rings (SSSR count). The molecule has 1 unspecified atom stereocenters. The second-order valence-corrected chi connectivity index (χ2v) is 3.36. The second-order valence-electron chi connectivity index (χ2n) is 3.36. The molecule has 0 saturated heterocycles. The minimum Gasteiger partial charge on any atom is -0.508 e. The highest BCUT2D eigenvalue weighted by Gasteiger charge is 2.08. The Morgan fingerprint density at radius 1 is 1.21 bits per heavy atom. The maximum absolute atomic E-state index is 9.15. The number of aromatic hydroxyl groups is 1. The summed E-state index contributed by atoms with van der Waals surface area (Å²) in [6, 6.07) is 7.24. The summed E-state index contributed by atoms with van der Waals surface area (Å²) in [5.74, 6) is 0.305. The number of hydrogen-bond donors (Lipinski definition) is 1. The Bertz CT molecular complexity index is 254. The molecule has 0 spiro atoms. The normalized spacial score (nSPS) is 12.7. The quantitative estimate of drug-likeness (QED) is 0.779. The maximum atomic E-state index is 9.15. The lowest BCUT2D eigenvalue weighted by Gasteiger charge is -2.15. The molecular formula is C12H18O2. The SMILES string of the molecule is CCCOC(CC)c1ccc(O)cc1. The van der Waals surface area contributed by atoms with Gasteiger partial charge in [0.2, 0.25) is 0 Å². The molecule has 0 aliphatic rings. The Kier molecular flexibility index (Phi) is 4.47. The fraction of sp³-hybridized carbons (Fsp3) is 0.500. The highest BCUT2D eigenvalue weighted by Crippen LogP contribution is 2.22. The molecule has 78 valence electrons. The highest BCUT2D eigenvalue weighted by atomic mass is 16.5. The second kappa shape index (κ2) is 5.66. The Hall–Kier alpha value is -1.02. The maximum Gasteiger partial charge on any atom is 0.115 e. The lowest BCUT2D eigenvalue weighted by Crippen LogP contribution is -2.03. The van der Waals surface area contributed by atoms with Crippen molar-refractivity contribution >= 4 is 0 Å². The molecule has 1 aromatic carbocycles. The molecule has 1 atom stereocenters. The van der Waals surface area contributed by atoms with Gasteiger partial charge in [-0.25, -0.2) is 0 Å². The molecule has 1 aromatic rings. The lowest BCUT2D eigenvalue weighted by atomic mass is 10.1. The highest BCUT2D eigenvalue weighted by molar-refractivity contribution is 5.27. The van der Waals surface area contributed by atoms with Crippen LogP contribution in [0.25, 0.3) is 0 Å². The van der Waals surface area contributed by atoms with E-state index in [0.29, 0.717) is 5.75 Å². The van der Waals surface area contributed by atoms with Crippen molar-refractivity contribution in [2.24, 2.45) is 0 Å². The van der Waals surface area contributed by atoms with Gasteiger partial charge in [0.15, 0.2) is 0 Å². The van der Waals surface area contributed by atoms with Crippen molar-refractivity contribution in [1.82, 2.24) is 0 Å². The third-order valence-electron chi connectivity index (χ3n) is 2.16. The van der Waals surface area contributed by atoms with Crippen LogP contribution in [0.2, 0.25) is 0 Å². The van der Waals surface area contributed by atoms with E-state index < -0.39 is 0 Å². The Morgan fingerprint density at radius 2 is 1.86 bits per heavy atom. The van der Waals surface area contributed by atoms with Crippen LogP contribution in [0.15, 0.2) is 24.3 Å². The first-order valence-corrected chi connectivity index (χ1v) is 5.18. The number of phenols is 1. The van der Waals surface area contributed by atoms with E-state index in [1.54, 1.807) is 12.1 Å². The summed E-state index contributed by atoms with van der Waals surface area (Å²) in [6.07, 6.45) is 2.16. The van der Waals surface area contributed by atoms with Crippen LogP contribution >= 0.6 is 0 Å². The number of phenolic OH excluding ortho intramolecular Hbond substituents is 1. The number of ether oxygens (including phenoxy) is 1. The smallest absolute Gasteiger partial charge is 0.115 e. The molecule has 2 heteroatoms. The van der Waals surface area contributed by atoms with Gasteiger partial charge in [0.05, 0.1) is 6.10 Å². The standard InChI is InChI=1S/C12H18O2/c1-3-9-14-12(4-2)10-5-7-11(13)8-6-10/h5-8,12-13H,3-4,9H2,1-2H3. The van der Waals surface area contributed by atoms with Crippen LogP contribution in [-0.4, -0.2) is 11.7 Å². The van der Waals surface area contributed by atoms with Gasteiger partial charge >= 0.3 is 0 Å². The molecule has 14 heavy (non-hydrogen) atoms. The molecule has 1 N–H and O–H groups in total. The Balaban J connectivity index is 2.64. The van der Waals surface area contributed by atoms with E-state index in [2.05, 4.69) is 13.8 Å². The summed E-state index contributed by atoms with van der Waals surface area (Å²) in [5.41, 5.74) is 1.14. The minimum atomic E-state index is 0.163. The first-order valence-electron chi connectivity index (χ1n) is 5.18. The van der Waals surface area contributed by atoms with Gasteiger partial charge in [-0.1, -0.05) is 26.0 Å². The van der Waals surface area contributed by atoms with Crippen LogP contribution in [-0.2, 0) is 4.74 Å². The van der Waals surface area contributed by atoms with E-state index >= 15 is 0 Å². The van der Waals surface area contributed by atoms with Gasteiger partial charge in [0.25, 0.3) is 0 Å². The minimum absolute atomic E-state index is 0.163. The first kappa shape index (κ1) is 11.1. The van der Waals surface area contributed by atoms with Crippen molar-refractivity contribution in [2.75, 3.05) is 6.61 Å². The molecule has 0 radical (unpaired) electrons. The van der Waals surface area contributed by atoms with E-state index in [1.165, 1.54) is 0 Å². The van der Waals surface area contributed by atoms with E-state index in [9.17, 15) is 0 Å². The molecule has 0 amide bonds. The zero-order valence-electron chi connectivity index (χ0n) is 8.86. The predicted octanol–water partition coefficient (Wildman–Crippen LogP) is 3.27. The van der Waals surface area contributed by atoms with E-state index in [0.717, 1.165) is 25.0 Å². The topological polar surface area (TPSA) is 29.5 Å². The van der Waals surface area contributed by atoms with Crippen LogP contribution in [0.1, 0.15) is 38.4 Å². The van der Waals surface area contributed by atoms with Gasteiger partial charge < -0.3 is 9.84 Å². The molecule has 0 aromatic heterocycles. The van der Waals surface area contributed by atoms with Crippen LogP contribution in [0.4, 0.5) is 0 Å². The lowest BCUT2D eigenvalue weighted by molar-refractivity contribution is 0.0504. The van der Waals surface area contributed by atoms with Gasteiger partial charge in [0.1, 0.15) is 5.75 Å². The van der Waals surface area contributed by atoms with Crippen molar-refractivity contribution in [2.45, 2.75) is 32.8 Å². The summed E-state index contributed by atoms with van der Waals surface area (Å²) >= 11 is 0. The zero-order valence-corrected chi connectivity index (χ0v) is 8.86. The van der Waals surface area contributed by atoms with Gasteiger partial charge in [-0.2, -0.15) is 0 Å². The molecule has 0 fully saturated rings. The van der Waals surface area contributed by atoms with Crippen LogP contribution < -0.4 is 0 Å². The summed E-state index contributed by atoms with van der Waals surface area (Å²) in [5, 5.41) is 9.15. The average Bonchev–Trinajstić information content (AvgIpc) is 2.21. The number of benzene rings is 1. The Morgan fingerprint density at radius 3 is 2.36 bits per heavy atom. The van der Waals surface area contributed by atoms with Gasteiger partial charge in [-0.05, 0) is 30.5 Å². The van der Waals surface area contributed by atoms with E-state index in [4.69, 9.17) is 9.84 Å². The summed E-state index contributed by atoms with van der Waals surface area (Å²) in [4.78, 5) is 0. The molecule has 0 heterocycles. The monoisotopic (exact) mass is 194 g/mol. The molecule has 0 aliphatic heterocycles. The Labute approximate surface area is 85.5 Å². The fourth-order valence-electron chi connectivity index (χ4n) is 1.40. The third kappa shape index (κ3) is 3.04. The van der Waals surface area contributed by atoms with Crippen molar-refractivity contribution in [3.05, 3.63) is 29.8 Å². The molecule has 0 bridgehead atoms. The summed E-state index contributed by atoms with van der Waals surface area (Å²) in [6.45, 7) is 5.00. The van der Waals surface area contributed by atoms with E-state index in [1.807, 2.05) is 12.1 Å². The van der Waals surface area contributed by atoms with Crippen molar-refractivity contribution < 1.29 is 9.84 Å². The zero-order chi connectivity index (χ0) is 10.4. The molecule has 2 nitrogen and oxygen atoms in total. The fourth-order valence-corrected chi connectivity index (χ4v) is 1.40.